The number of hydrogen-bond acceptors (Lipinski definition) is 5. The predicted octanol–water partition coefficient (Wildman–Crippen LogP) is 1.91. The van der Waals surface area contributed by atoms with Gasteiger partial charge in [0.25, 0.3) is 0 Å². The Balaban J connectivity index is 2.68. The third-order valence-corrected chi connectivity index (χ3v) is 6.63. The smallest absolute Gasteiger partial charge is 0.250 e. The summed E-state index contributed by atoms with van der Waals surface area (Å²) < 4.78 is 27.6. The van der Waals surface area contributed by atoms with Gasteiger partial charge in [0.05, 0.1) is 0 Å². The molecule has 3 N–H and O–H groups in total. The highest BCUT2D eigenvalue weighted by Crippen LogP contribution is 2.25. The topological polar surface area (TPSA) is 75.4 Å². The van der Waals surface area contributed by atoms with Crippen LogP contribution in [0.25, 0.3) is 0 Å². The highest BCUT2D eigenvalue weighted by molar-refractivity contribution is 7.91. The summed E-state index contributed by atoms with van der Waals surface area (Å²) in [6, 6.07) is 2.47. The highest BCUT2D eigenvalue weighted by Gasteiger charge is 2.19. The largest absolute Gasteiger partial charge is 0.326 e. The van der Waals surface area contributed by atoms with Crippen molar-refractivity contribution in [3.63, 3.8) is 0 Å². The van der Waals surface area contributed by atoms with Crippen LogP contribution in [0.2, 0.25) is 0 Å². The van der Waals surface area contributed by atoms with E-state index in [2.05, 4.69) is 37.3 Å². The van der Waals surface area contributed by atoms with Crippen LogP contribution in [0.4, 0.5) is 0 Å². The zero-order valence-electron chi connectivity index (χ0n) is 13.5. The van der Waals surface area contributed by atoms with Gasteiger partial charge in [-0.3, -0.25) is 4.90 Å². The number of thiophene rings is 1. The molecule has 0 unspecified atom stereocenters. The Kier molecular flexibility index (Phi) is 6.80. The summed E-state index contributed by atoms with van der Waals surface area (Å²) in [7, 11) is -3.43. The van der Waals surface area contributed by atoms with E-state index in [0.29, 0.717) is 35.9 Å². The third-order valence-electron chi connectivity index (χ3n) is 3.44. The average molecular weight is 334 g/mol. The molecule has 122 valence electrons. The first-order valence-corrected chi connectivity index (χ1v) is 9.53. The van der Waals surface area contributed by atoms with Crippen molar-refractivity contribution in [3.8, 4) is 0 Å². The van der Waals surface area contributed by atoms with Crippen molar-refractivity contribution in [2.45, 2.75) is 57.5 Å². The molecule has 1 aromatic rings. The van der Waals surface area contributed by atoms with Gasteiger partial charge < -0.3 is 5.73 Å². The van der Waals surface area contributed by atoms with E-state index >= 15 is 0 Å². The molecule has 0 atom stereocenters. The van der Waals surface area contributed by atoms with Gasteiger partial charge in [-0.05, 0) is 46.2 Å². The molecule has 1 aromatic heterocycles. The summed E-state index contributed by atoms with van der Waals surface area (Å²) in [5.41, 5.74) is 6.54. The van der Waals surface area contributed by atoms with Gasteiger partial charge in [-0.15, -0.1) is 11.3 Å². The fourth-order valence-electron chi connectivity index (χ4n) is 2.32. The first kappa shape index (κ1) is 18.6. The molecule has 0 aliphatic rings. The lowest BCUT2D eigenvalue weighted by atomic mass is 10.2. The first-order valence-electron chi connectivity index (χ1n) is 7.23. The molecule has 0 amide bonds. The van der Waals surface area contributed by atoms with Gasteiger partial charge >= 0.3 is 0 Å². The molecule has 0 aromatic carbocycles. The second kappa shape index (κ2) is 7.69. The number of nitrogens with one attached hydrogen (secondary N) is 1. The van der Waals surface area contributed by atoms with Crippen LogP contribution < -0.4 is 10.5 Å². The zero-order valence-corrected chi connectivity index (χ0v) is 15.1. The van der Waals surface area contributed by atoms with E-state index < -0.39 is 10.0 Å². The van der Waals surface area contributed by atoms with E-state index in [1.54, 1.807) is 6.07 Å². The van der Waals surface area contributed by atoms with E-state index in [9.17, 15) is 8.42 Å². The molecule has 0 saturated heterocycles. The fourth-order valence-corrected chi connectivity index (χ4v) is 4.85. The van der Waals surface area contributed by atoms with E-state index in [1.807, 2.05) is 6.92 Å². The van der Waals surface area contributed by atoms with Crippen LogP contribution in [0.15, 0.2) is 10.3 Å². The third kappa shape index (κ3) is 5.03. The lowest BCUT2D eigenvalue weighted by Crippen LogP contribution is -2.42. The normalized spacial score (nSPS) is 12.8. The van der Waals surface area contributed by atoms with Gasteiger partial charge in [-0.25, -0.2) is 13.1 Å². The van der Waals surface area contributed by atoms with Crippen molar-refractivity contribution in [1.29, 1.82) is 0 Å². The van der Waals surface area contributed by atoms with Gasteiger partial charge in [-0.1, -0.05) is 0 Å². The van der Waals surface area contributed by atoms with Crippen LogP contribution in [0.3, 0.4) is 0 Å². The number of aryl methyl sites for hydroxylation is 1. The van der Waals surface area contributed by atoms with E-state index in [-0.39, 0.29) is 0 Å². The maximum atomic E-state index is 12.3. The van der Waals surface area contributed by atoms with Crippen molar-refractivity contribution in [3.05, 3.63) is 16.5 Å². The minimum atomic E-state index is -3.43. The molecule has 1 rings (SSSR count). The fraction of sp³-hybridized carbons (Fsp3) is 0.714. The molecule has 0 aliphatic heterocycles. The van der Waals surface area contributed by atoms with Crippen LogP contribution in [-0.4, -0.2) is 38.5 Å². The van der Waals surface area contributed by atoms with Crippen molar-refractivity contribution in [1.82, 2.24) is 9.62 Å². The maximum Gasteiger partial charge on any atom is 0.250 e. The molecule has 0 bridgehead atoms. The Hall–Kier alpha value is -0.470. The minimum Gasteiger partial charge on any atom is -0.326 e. The Morgan fingerprint density at radius 3 is 2.29 bits per heavy atom. The highest BCUT2D eigenvalue weighted by atomic mass is 32.2. The van der Waals surface area contributed by atoms with Gasteiger partial charge in [-0.2, -0.15) is 0 Å². The second-order valence-corrected chi connectivity index (χ2v) is 8.83. The quantitative estimate of drug-likeness (QED) is 0.762. The molecule has 0 spiro atoms. The summed E-state index contributed by atoms with van der Waals surface area (Å²) in [6.45, 7) is 11.8. The van der Waals surface area contributed by atoms with Crippen molar-refractivity contribution in [2.24, 2.45) is 5.73 Å². The van der Waals surface area contributed by atoms with Crippen molar-refractivity contribution >= 4 is 21.4 Å². The summed E-state index contributed by atoms with van der Waals surface area (Å²) in [4.78, 5) is 3.18. The van der Waals surface area contributed by atoms with Gasteiger partial charge in [0.1, 0.15) is 4.21 Å². The lowest BCUT2D eigenvalue weighted by Gasteiger charge is -2.30. The monoisotopic (exact) mass is 333 g/mol. The molecule has 0 saturated carbocycles. The van der Waals surface area contributed by atoms with Crippen LogP contribution in [0, 0.1) is 6.92 Å². The standard InChI is InChI=1S/C14H27N3O2S2/c1-10(2)17(11(3)4)7-6-16-21(18,19)14-8-12(5)13(9-15)20-14/h8,10-11,16H,6-7,9,15H2,1-5H3. The molecule has 21 heavy (non-hydrogen) atoms. The molecule has 0 radical (unpaired) electrons. The van der Waals surface area contributed by atoms with Crippen molar-refractivity contribution in [2.75, 3.05) is 13.1 Å². The molecule has 0 fully saturated rings. The molecular weight excluding hydrogens is 306 g/mol. The minimum absolute atomic E-state index is 0.348. The first-order chi connectivity index (χ1) is 9.69. The van der Waals surface area contributed by atoms with Gasteiger partial charge in [0.15, 0.2) is 0 Å². The number of hydrogen-bond donors (Lipinski definition) is 2. The van der Waals surface area contributed by atoms with Crippen LogP contribution in [0.1, 0.15) is 38.1 Å². The molecule has 1 heterocycles. The van der Waals surface area contributed by atoms with Crippen molar-refractivity contribution < 1.29 is 8.42 Å². The number of nitrogens with two attached hydrogens (primary N) is 1. The number of nitrogens with zero attached hydrogens (tertiary/aromatic N) is 1. The Morgan fingerprint density at radius 1 is 1.29 bits per heavy atom. The average Bonchev–Trinajstić information content (AvgIpc) is 2.75. The van der Waals surface area contributed by atoms with Crippen LogP contribution in [0.5, 0.6) is 0 Å². The van der Waals surface area contributed by atoms with E-state index in [1.165, 1.54) is 11.3 Å². The zero-order chi connectivity index (χ0) is 16.2. The van der Waals surface area contributed by atoms with Crippen LogP contribution in [-0.2, 0) is 16.6 Å². The summed E-state index contributed by atoms with van der Waals surface area (Å²) >= 11 is 1.25. The van der Waals surface area contributed by atoms with E-state index in [4.69, 9.17) is 5.73 Å². The number of rotatable bonds is 8. The predicted molar refractivity (Wildman–Crippen MR) is 89.1 cm³/mol. The molecule has 0 aliphatic carbocycles. The van der Waals surface area contributed by atoms with Gasteiger partial charge in [0, 0.05) is 36.6 Å². The summed E-state index contributed by atoms with van der Waals surface area (Å²) in [5, 5.41) is 0. The van der Waals surface area contributed by atoms with Crippen LogP contribution >= 0.6 is 11.3 Å². The Morgan fingerprint density at radius 2 is 1.86 bits per heavy atom. The van der Waals surface area contributed by atoms with Gasteiger partial charge in [0.2, 0.25) is 10.0 Å². The molecule has 7 heteroatoms. The lowest BCUT2D eigenvalue weighted by molar-refractivity contribution is 0.179. The van der Waals surface area contributed by atoms with E-state index in [0.717, 1.165) is 10.4 Å². The summed E-state index contributed by atoms with van der Waals surface area (Å²) in [6.07, 6.45) is 0. The Labute approximate surface area is 132 Å². The summed E-state index contributed by atoms with van der Waals surface area (Å²) in [5.74, 6) is 0. The SMILES string of the molecule is Cc1cc(S(=O)(=O)NCCN(C(C)C)C(C)C)sc1CN. The molecule has 5 nitrogen and oxygen atoms in total. The molecular formula is C14H27N3O2S2. The maximum absolute atomic E-state index is 12.3. The Bertz CT molecular complexity index is 543. The number of sulfonamides is 1. The second-order valence-electron chi connectivity index (χ2n) is 5.70.